The second-order valence-corrected chi connectivity index (χ2v) is 5.93. The summed E-state index contributed by atoms with van der Waals surface area (Å²) >= 11 is 0. The van der Waals surface area contributed by atoms with Crippen LogP contribution in [0.5, 0.6) is 5.75 Å². The first-order chi connectivity index (χ1) is 10.7. The Balaban J connectivity index is 0.00000192. The monoisotopic (exact) mass is 430 g/mol. The molecule has 2 aliphatic rings. The van der Waals surface area contributed by atoms with Crippen molar-refractivity contribution in [3.8, 4) is 5.75 Å². The van der Waals surface area contributed by atoms with Gasteiger partial charge in [-0.15, -0.1) is 24.0 Å². The van der Waals surface area contributed by atoms with E-state index in [1.165, 1.54) is 0 Å². The first-order valence-electron chi connectivity index (χ1n) is 7.66. The zero-order valence-corrected chi connectivity index (χ0v) is 15.5. The van der Waals surface area contributed by atoms with Crippen LogP contribution in [-0.2, 0) is 4.79 Å². The molecule has 2 fully saturated rings. The molecule has 1 aromatic rings. The smallest absolute Gasteiger partial charge is 0.223 e. The molecule has 1 saturated heterocycles. The zero-order valence-electron chi connectivity index (χ0n) is 13.2. The topological polar surface area (TPSA) is 80.0 Å². The lowest BCUT2D eigenvalue weighted by Crippen LogP contribution is -2.28. The number of aliphatic imine (C=N–C) groups is 1. The Morgan fingerprint density at radius 3 is 2.70 bits per heavy atom. The van der Waals surface area contributed by atoms with E-state index in [2.05, 4.69) is 10.3 Å². The van der Waals surface area contributed by atoms with Crippen molar-refractivity contribution in [2.75, 3.05) is 25.5 Å². The van der Waals surface area contributed by atoms with E-state index in [1.807, 2.05) is 29.2 Å². The van der Waals surface area contributed by atoms with Gasteiger partial charge in [-0.2, -0.15) is 0 Å². The van der Waals surface area contributed by atoms with Gasteiger partial charge in [0.05, 0.1) is 7.11 Å². The van der Waals surface area contributed by atoms with Crippen molar-refractivity contribution in [3.05, 3.63) is 24.3 Å². The number of anilines is 1. The van der Waals surface area contributed by atoms with E-state index in [1.54, 1.807) is 7.11 Å². The summed E-state index contributed by atoms with van der Waals surface area (Å²) in [6.07, 6.45) is 2.90. The number of carbonyl (C=O) groups is 1. The van der Waals surface area contributed by atoms with Gasteiger partial charge in [-0.3, -0.25) is 9.79 Å². The maximum absolute atomic E-state index is 11.9. The highest BCUT2D eigenvalue weighted by Crippen LogP contribution is 2.32. The Bertz CT molecular complexity index is 572. The van der Waals surface area contributed by atoms with E-state index < -0.39 is 0 Å². The second kappa shape index (κ2) is 7.85. The molecule has 3 N–H and O–H groups in total. The molecule has 1 heterocycles. The number of benzene rings is 1. The molecule has 3 rings (SSSR count). The lowest BCUT2D eigenvalue weighted by molar-refractivity contribution is -0.128. The molecule has 0 bridgehead atoms. The fourth-order valence-electron chi connectivity index (χ4n) is 2.76. The van der Waals surface area contributed by atoms with Crippen LogP contribution in [0.15, 0.2) is 29.3 Å². The zero-order chi connectivity index (χ0) is 15.5. The van der Waals surface area contributed by atoms with Crippen LogP contribution in [-0.4, -0.2) is 43.0 Å². The van der Waals surface area contributed by atoms with Crippen LogP contribution < -0.4 is 15.8 Å². The number of halogens is 1. The number of nitrogens with zero attached hydrogens (tertiary/aromatic N) is 2. The molecule has 1 atom stereocenters. The maximum Gasteiger partial charge on any atom is 0.223 e. The maximum atomic E-state index is 11.9. The van der Waals surface area contributed by atoms with Crippen molar-refractivity contribution in [1.29, 1.82) is 0 Å². The molecule has 1 saturated carbocycles. The van der Waals surface area contributed by atoms with Crippen molar-refractivity contribution in [1.82, 2.24) is 4.90 Å². The van der Waals surface area contributed by atoms with E-state index in [0.29, 0.717) is 25.0 Å². The lowest BCUT2D eigenvalue weighted by Gasteiger charge is -2.14. The van der Waals surface area contributed by atoms with Crippen molar-refractivity contribution in [2.24, 2.45) is 16.6 Å². The Morgan fingerprint density at radius 1 is 1.39 bits per heavy atom. The van der Waals surface area contributed by atoms with E-state index in [4.69, 9.17) is 10.5 Å². The minimum atomic E-state index is 0. The number of nitrogens with two attached hydrogens (primary N) is 1. The van der Waals surface area contributed by atoms with Gasteiger partial charge in [-0.1, -0.05) is 0 Å². The third-order valence-corrected chi connectivity index (χ3v) is 4.11. The van der Waals surface area contributed by atoms with Gasteiger partial charge in [0, 0.05) is 37.2 Å². The van der Waals surface area contributed by atoms with Crippen LogP contribution in [0.1, 0.15) is 19.3 Å². The summed E-state index contributed by atoms with van der Waals surface area (Å²) in [5.41, 5.74) is 6.77. The van der Waals surface area contributed by atoms with E-state index >= 15 is 0 Å². The third kappa shape index (κ3) is 4.73. The molecule has 1 aromatic carbocycles. The van der Waals surface area contributed by atoms with Crippen molar-refractivity contribution < 1.29 is 9.53 Å². The van der Waals surface area contributed by atoms with Crippen LogP contribution >= 0.6 is 24.0 Å². The van der Waals surface area contributed by atoms with Crippen molar-refractivity contribution in [2.45, 2.75) is 25.3 Å². The van der Waals surface area contributed by atoms with Crippen LogP contribution in [0, 0.1) is 5.92 Å². The number of likely N-dealkylation sites (tertiary alicyclic amines) is 1. The first kappa shape index (κ1) is 17.8. The summed E-state index contributed by atoms with van der Waals surface area (Å²) in [5.74, 6) is 1.72. The molecular weight excluding hydrogens is 407 g/mol. The van der Waals surface area contributed by atoms with Crippen LogP contribution in [0.25, 0.3) is 0 Å². The number of hydrogen-bond donors (Lipinski definition) is 2. The Labute approximate surface area is 153 Å². The number of amides is 1. The van der Waals surface area contributed by atoms with Crippen LogP contribution in [0.2, 0.25) is 0 Å². The van der Waals surface area contributed by atoms with Gasteiger partial charge < -0.3 is 20.7 Å². The van der Waals surface area contributed by atoms with Gasteiger partial charge in [-0.25, -0.2) is 0 Å². The largest absolute Gasteiger partial charge is 0.497 e. The molecule has 23 heavy (non-hydrogen) atoms. The van der Waals surface area contributed by atoms with Gasteiger partial charge in [0.2, 0.25) is 5.91 Å². The molecule has 126 valence electrons. The molecule has 1 unspecified atom stereocenters. The Kier molecular flexibility index (Phi) is 6.09. The minimum absolute atomic E-state index is 0. The summed E-state index contributed by atoms with van der Waals surface area (Å²) < 4.78 is 5.11. The predicted molar refractivity (Wildman–Crippen MR) is 101 cm³/mol. The molecule has 1 aliphatic heterocycles. The number of guanidine groups is 1. The number of nitrogens with one attached hydrogen (secondary N) is 1. The van der Waals surface area contributed by atoms with Gasteiger partial charge in [0.15, 0.2) is 5.96 Å². The number of hydrogen-bond acceptors (Lipinski definition) is 3. The van der Waals surface area contributed by atoms with Crippen molar-refractivity contribution >= 4 is 41.5 Å². The predicted octanol–water partition coefficient (Wildman–Crippen LogP) is 2.05. The molecule has 0 aromatic heterocycles. The van der Waals surface area contributed by atoms with Gasteiger partial charge in [0.1, 0.15) is 5.75 Å². The summed E-state index contributed by atoms with van der Waals surface area (Å²) in [6, 6.07) is 7.98. The normalized spacial score (nSPS) is 21.1. The second-order valence-electron chi connectivity index (χ2n) is 5.93. The highest BCUT2D eigenvalue weighted by Gasteiger charge is 2.39. The fraction of sp³-hybridized carbons (Fsp3) is 0.500. The molecule has 7 heteroatoms. The van der Waals surface area contributed by atoms with Crippen LogP contribution in [0.3, 0.4) is 0 Å². The SMILES string of the molecule is COc1ccc(NC(N)=NCC2CC(=O)N(C3CC3)C2)cc1.I. The van der Waals surface area contributed by atoms with E-state index in [9.17, 15) is 4.79 Å². The average molecular weight is 430 g/mol. The minimum Gasteiger partial charge on any atom is -0.497 e. The van der Waals surface area contributed by atoms with Crippen molar-refractivity contribution in [3.63, 3.8) is 0 Å². The highest BCUT2D eigenvalue weighted by atomic mass is 127. The van der Waals surface area contributed by atoms with Gasteiger partial charge in [0.25, 0.3) is 0 Å². The molecule has 1 amide bonds. The molecule has 0 radical (unpaired) electrons. The van der Waals surface area contributed by atoms with Gasteiger partial charge >= 0.3 is 0 Å². The number of methoxy groups -OCH3 is 1. The molecule has 6 nitrogen and oxygen atoms in total. The molecule has 1 aliphatic carbocycles. The molecule has 0 spiro atoms. The first-order valence-corrected chi connectivity index (χ1v) is 7.66. The number of carbonyl (C=O) groups excluding carboxylic acids is 1. The summed E-state index contributed by atoms with van der Waals surface area (Å²) in [7, 11) is 1.63. The number of rotatable bonds is 5. The number of ether oxygens (including phenoxy) is 1. The Hall–Kier alpha value is -1.51. The quantitative estimate of drug-likeness (QED) is 0.426. The molecular formula is C16H23IN4O2. The fourth-order valence-corrected chi connectivity index (χ4v) is 2.76. The average Bonchev–Trinajstić information content (AvgIpc) is 3.29. The Morgan fingerprint density at radius 2 is 2.09 bits per heavy atom. The van der Waals surface area contributed by atoms with E-state index in [-0.39, 0.29) is 35.8 Å². The summed E-state index contributed by atoms with van der Waals surface area (Å²) in [4.78, 5) is 18.3. The summed E-state index contributed by atoms with van der Waals surface area (Å²) in [5, 5.41) is 3.05. The van der Waals surface area contributed by atoms with E-state index in [0.717, 1.165) is 30.8 Å². The lowest BCUT2D eigenvalue weighted by atomic mass is 10.1. The summed E-state index contributed by atoms with van der Waals surface area (Å²) in [6.45, 7) is 1.41. The van der Waals surface area contributed by atoms with Crippen LogP contribution in [0.4, 0.5) is 5.69 Å². The highest BCUT2D eigenvalue weighted by molar-refractivity contribution is 14.0. The standard InChI is InChI=1S/C16H22N4O2.HI/c1-22-14-6-2-12(3-7-14)19-16(17)18-9-11-8-15(21)20(10-11)13-4-5-13;/h2-3,6-7,11,13H,4-5,8-10H2,1H3,(H3,17,18,19);1H. The third-order valence-electron chi connectivity index (χ3n) is 4.11. The van der Waals surface area contributed by atoms with Gasteiger partial charge in [-0.05, 0) is 37.1 Å².